The van der Waals surface area contributed by atoms with Gasteiger partial charge in [0.25, 0.3) is 5.91 Å². The molecule has 1 unspecified atom stereocenters. The van der Waals surface area contributed by atoms with Crippen LogP contribution in [0.5, 0.6) is 0 Å². The van der Waals surface area contributed by atoms with Gasteiger partial charge < -0.3 is 15.7 Å². The molecule has 0 bridgehead atoms. The molecule has 0 aliphatic carbocycles. The van der Waals surface area contributed by atoms with E-state index in [2.05, 4.69) is 15.9 Å². The minimum atomic E-state index is -1.10. The van der Waals surface area contributed by atoms with Gasteiger partial charge in [-0.15, -0.1) is 0 Å². The number of carbonyl (C=O) groups excluding carboxylic acids is 1. The third kappa shape index (κ3) is 4.11. The molecule has 0 aliphatic heterocycles. The quantitative estimate of drug-likeness (QED) is 0.844. The summed E-state index contributed by atoms with van der Waals surface area (Å²) in [6.45, 7) is 0.511. The first-order chi connectivity index (χ1) is 8.06. The summed E-state index contributed by atoms with van der Waals surface area (Å²) in [4.78, 5) is 13.1. The molecule has 1 aromatic carbocycles. The number of carbonyl (C=O) groups is 1. The summed E-state index contributed by atoms with van der Waals surface area (Å²) in [5, 5.41) is 9.32. The van der Waals surface area contributed by atoms with Gasteiger partial charge in [-0.25, -0.2) is 0 Å². The standard InChI is InChI=1S/C12H17BrN2O2/c1-15(12(17)11(16)8-14)7-6-9-4-2-3-5-10(9)13/h2-5,11,16H,6-8,14H2,1H3. The lowest BCUT2D eigenvalue weighted by Gasteiger charge is -2.20. The zero-order valence-electron chi connectivity index (χ0n) is 9.77. The van der Waals surface area contributed by atoms with Gasteiger partial charge in [0.15, 0.2) is 0 Å². The summed E-state index contributed by atoms with van der Waals surface area (Å²) in [7, 11) is 1.66. The molecule has 0 heterocycles. The number of rotatable bonds is 5. The highest BCUT2D eigenvalue weighted by atomic mass is 79.9. The Hall–Kier alpha value is -0.910. The summed E-state index contributed by atoms with van der Waals surface area (Å²) in [6.07, 6.45) is -0.361. The van der Waals surface area contributed by atoms with E-state index in [-0.39, 0.29) is 12.5 Å². The first-order valence-corrected chi connectivity index (χ1v) is 6.22. The maximum atomic E-state index is 11.6. The highest BCUT2D eigenvalue weighted by molar-refractivity contribution is 9.10. The third-order valence-electron chi connectivity index (χ3n) is 2.56. The van der Waals surface area contributed by atoms with Crippen LogP contribution in [0.3, 0.4) is 0 Å². The highest BCUT2D eigenvalue weighted by Crippen LogP contribution is 2.16. The molecule has 1 amide bonds. The monoisotopic (exact) mass is 300 g/mol. The molecular weight excluding hydrogens is 284 g/mol. The van der Waals surface area contributed by atoms with E-state index in [1.165, 1.54) is 4.90 Å². The summed E-state index contributed by atoms with van der Waals surface area (Å²) in [6, 6.07) is 7.87. The second kappa shape index (κ2) is 6.74. The molecular formula is C12H17BrN2O2. The SMILES string of the molecule is CN(CCc1ccccc1Br)C(=O)C(O)CN. The number of nitrogens with zero attached hydrogens (tertiary/aromatic N) is 1. The largest absolute Gasteiger partial charge is 0.382 e. The Morgan fingerprint density at radius 3 is 2.76 bits per heavy atom. The van der Waals surface area contributed by atoms with Crippen molar-refractivity contribution in [1.29, 1.82) is 0 Å². The van der Waals surface area contributed by atoms with Gasteiger partial charge in [0.2, 0.25) is 0 Å². The summed E-state index contributed by atoms with van der Waals surface area (Å²) < 4.78 is 1.03. The van der Waals surface area contributed by atoms with Crippen LogP contribution in [0.1, 0.15) is 5.56 Å². The Kier molecular flexibility index (Phi) is 5.61. The van der Waals surface area contributed by atoms with Crippen LogP contribution in [0.15, 0.2) is 28.7 Å². The molecule has 0 radical (unpaired) electrons. The maximum absolute atomic E-state index is 11.6. The Labute approximate surface area is 110 Å². The molecule has 1 atom stereocenters. The number of benzene rings is 1. The van der Waals surface area contributed by atoms with Crippen LogP contribution in [0.4, 0.5) is 0 Å². The van der Waals surface area contributed by atoms with E-state index in [0.717, 1.165) is 16.5 Å². The Bertz CT molecular complexity index is 385. The second-order valence-corrected chi connectivity index (χ2v) is 4.71. The normalized spacial score (nSPS) is 12.2. The first kappa shape index (κ1) is 14.2. The van der Waals surface area contributed by atoms with Crippen molar-refractivity contribution in [3.8, 4) is 0 Å². The highest BCUT2D eigenvalue weighted by Gasteiger charge is 2.17. The summed E-state index contributed by atoms with van der Waals surface area (Å²) in [5.41, 5.74) is 6.37. The van der Waals surface area contributed by atoms with E-state index in [0.29, 0.717) is 6.54 Å². The minimum Gasteiger partial charge on any atom is -0.382 e. The molecule has 0 spiro atoms. The van der Waals surface area contributed by atoms with Gasteiger partial charge in [-0.1, -0.05) is 34.1 Å². The Balaban J connectivity index is 2.51. The predicted octanol–water partition coefficient (Wildman–Crippen LogP) is 0.770. The van der Waals surface area contributed by atoms with Crippen molar-refractivity contribution in [1.82, 2.24) is 4.90 Å². The van der Waals surface area contributed by atoms with Crippen molar-refractivity contribution >= 4 is 21.8 Å². The number of aliphatic hydroxyl groups is 1. The number of hydrogen-bond acceptors (Lipinski definition) is 3. The van der Waals surface area contributed by atoms with Crippen molar-refractivity contribution in [3.63, 3.8) is 0 Å². The van der Waals surface area contributed by atoms with Crippen LogP contribution < -0.4 is 5.73 Å². The van der Waals surface area contributed by atoms with Crippen molar-refractivity contribution in [3.05, 3.63) is 34.3 Å². The fourth-order valence-corrected chi connectivity index (χ4v) is 1.94. The molecule has 0 aliphatic rings. The minimum absolute atomic E-state index is 0.0434. The lowest BCUT2D eigenvalue weighted by Crippen LogP contribution is -2.41. The van der Waals surface area contributed by atoms with Crippen molar-refractivity contribution in [2.24, 2.45) is 5.73 Å². The molecule has 0 saturated heterocycles. The fraction of sp³-hybridized carbons (Fsp3) is 0.417. The van der Waals surface area contributed by atoms with Crippen LogP contribution in [0.25, 0.3) is 0 Å². The molecule has 0 fully saturated rings. The van der Waals surface area contributed by atoms with Gasteiger partial charge in [-0.2, -0.15) is 0 Å². The number of halogens is 1. The van der Waals surface area contributed by atoms with Gasteiger partial charge in [-0.05, 0) is 18.1 Å². The zero-order valence-corrected chi connectivity index (χ0v) is 11.4. The number of amides is 1. The number of aliphatic hydroxyl groups excluding tert-OH is 1. The van der Waals surface area contributed by atoms with Gasteiger partial charge in [0.05, 0.1) is 0 Å². The molecule has 0 saturated carbocycles. The molecule has 1 rings (SSSR count). The van der Waals surface area contributed by atoms with E-state index in [9.17, 15) is 9.90 Å². The third-order valence-corrected chi connectivity index (χ3v) is 3.33. The lowest BCUT2D eigenvalue weighted by molar-refractivity contribution is -0.138. The van der Waals surface area contributed by atoms with Gasteiger partial charge >= 0.3 is 0 Å². The Morgan fingerprint density at radius 2 is 2.18 bits per heavy atom. The topological polar surface area (TPSA) is 66.6 Å². The smallest absolute Gasteiger partial charge is 0.252 e. The van der Waals surface area contributed by atoms with Crippen molar-refractivity contribution in [2.75, 3.05) is 20.1 Å². The van der Waals surface area contributed by atoms with E-state index >= 15 is 0 Å². The van der Waals surface area contributed by atoms with Crippen molar-refractivity contribution < 1.29 is 9.90 Å². The average Bonchev–Trinajstić information content (AvgIpc) is 2.35. The van der Waals surface area contributed by atoms with Crippen LogP contribution in [0.2, 0.25) is 0 Å². The Morgan fingerprint density at radius 1 is 1.53 bits per heavy atom. The summed E-state index contributed by atoms with van der Waals surface area (Å²) in [5.74, 6) is -0.334. The molecule has 1 aromatic rings. The van der Waals surface area contributed by atoms with Crippen LogP contribution in [0, 0.1) is 0 Å². The molecule has 17 heavy (non-hydrogen) atoms. The van der Waals surface area contributed by atoms with Crippen LogP contribution >= 0.6 is 15.9 Å². The number of nitrogens with two attached hydrogens (primary N) is 1. The molecule has 94 valence electrons. The average molecular weight is 301 g/mol. The second-order valence-electron chi connectivity index (χ2n) is 3.85. The maximum Gasteiger partial charge on any atom is 0.252 e. The zero-order chi connectivity index (χ0) is 12.8. The van der Waals surface area contributed by atoms with Crippen LogP contribution in [-0.4, -0.2) is 42.2 Å². The number of likely N-dealkylation sites (N-methyl/N-ethyl adjacent to an activating group) is 1. The molecule has 4 nitrogen and oxygen atoms in total. The molecule has 3 N–H and O–H groups in total. The van der Waals surface area contributed by atoms with E-state index in [4.69, 9.17) is 5.73 Å². The lowest BCUT2D eigenvalue weighted by atomic mass is 10.1. The van der Waals surface area contributed by atoms with E-state index in [1.54, 1.807) is 7.05 Å². The summed E-state index contributed by atoms with van der Waals surface area (Å²) >= 11 is 3.45. The van der Waals surface area contributed by atoms with Crippen molar-refractivity contribution in [2.45, 2.75) is 12.5 Å². The van der Waals surface area contributed by atoms with Gasteiger partial charge in [0, 0.05) is 24.6 Å². The predicted molar refractivity (Wildman–Crippen MR) is 70.5 cm³/mol. The number of hydrogen-bond donors (Lipinski definition) is 2. The van der Waals surface area contributed by atoms with E-state index < -0.39 is 6.10 Å². The van der Waals surface area contributed by atoms with Gasteiger partial charge in [0.1, 0.15) is 6.10 Å². The van der Waals surface area contributed by atoms with Crippen LogP contribution in [-0.2, 0) is 11.2 Å². The fourth-order valence-electron chi connectivity index (χ4n) is 1.45. The van der Waals surface area contributed by atoms with E-state index in [1.807, 2.05) is 24.3 Å². The first-order valence-electron chi connectivity index (χ1n) is 5.42. The molecule has 0 aromatic heterocycles. The van der Waals surface area contributed by atoms with Gasteiger partial charge in [-0.3, -0.25) is 4.79 Å². The molecule has 5 heteroatoms.